The standard InChI is InChI=1S/C20H19ClN4O2/c1-24(2)17-5-3-4-13(10-17)20-22-19(23-27-20)14-11-18(26)25(12-14)16-8-6-15(21)7-9-16/h3-10,14H,11-12H2,1-2H3/t14-/m1/s1. The van der Waals surface area contributed by atoms with E-state index in [-0.39, 0.29) is 11.8 Å². The zero-order chi connectivity index (χ0) is 19.0. The summed E-state index contributed by atoms with van der Waals surface area (Å²) in [6.07, 6.45) is 0.360. The maximum atomic E-state index is 12.4. The summed E-state index contributed by atoms with van der Waals surface area (Å²) < 4.78 is 5.46. The van der Waals surface area contributed by atoms with Crippen molar-refractivity contribution in [3.63, 3.8) is 0 Å². The third kappa shape index (κ3) is 3.53. The van der Waals surface area contributed by atoms with Crippen LogP contribution in [0, 0.1) is 0 Å². The molecule has 1 atom stereocenters. The molecule has 0 aliphatic carbocycles. The second-order valence-corrected chi connectivity index (χ2v) is 7.22. The third-order valence-electron chi connectivity index (χ3n) is 4.68. The first-order valence-corrected chi connectivity index (χ1v) is 9.06. The molecule has 138 valence electrons. The summed E-state index contributed by atoms with van der Waals surface area (Å²) in [4.78, 5) is 20.7. The van der Waals surface area contributed by atoms with Gasteiger partial charge in [0.05, 0.1) is 0 Å². The lowest BCUT2D eigenvalue weighted by atomic mass is 10.1. The van der Waals surface area contributed by atoms with Crippen LogP contribution in [0.1, 0.15) is 18.2 Å². The van der Waals surface area contributed by atoms with Crippen molar-refractivity contribution in [2.24, 2.45) is 0 Å². The zero-order valence-corrected chi connectivity index (χ0v) is 15.8. The second-order valence-electron chi connectivity index (χ2n) is 6.78. The van der Waals surface area contributed by atoms with Crippen LogP contribution in [-0.2, 0) is 4.79 Å². The van der Waals surface area contributed by atoms with Crippen molar-refractivity contribution in [3.05, 3.63) is 59.4 Å². The average Bonchev–Trinajstić information content (AvgIpc) is 3.29. The summed E-state index contributed by atoms with van der Waals surface area (Å²) in [7, 11) is 3.96. The Kier molecular flexibility index (Phi) is 4.58. The van der Waals surface area contributed by atoms with Gasteiger partial charge in [-0.1, -0.05) is 22.8 Å². The first kappa shape index (κ1) is 17.5. The number of anilines is 2. The summed E-state index contributed by atoms with van der Waals surface area (Å²) in [6.45, 7) is 0.525. The molecular weight excluding hydrogens is 364 g/mol. The Balaban J connectivity index is 1.54. The van der Waals surface area contributed by atoms with Gasteiger partial charge in [-0.05, 0) is 42.5 Å². The van der Waals surface area contributed by atoms with Crippen molar-refractivity contribution < 1.29 is 9.32 Å². The van der Waals surface area contributed by atoms with Crippen LogP contribution < -0.4 is 9.80 Å². The van der Waals surface area contributed by atoms with Gasteiger partial charge in [0.25, 0.3) is 5.89 Å². The molecule has 6 nitrogen and oxygen atoms in total. The predicted octanol–water partition coefficient (Wildman–Crippen LogP) is 3.98. The normalized spacial score (nSPS) is 16.8. The minimum Gasteiger partial charge on any atom is -0.378 e. The molecule has 1 saturated heterocycles. The van der Waals surface area contributed by atoms with Crippen LogP contribution in [0.5, 0.6) is 0 Å². The van der Waals surface area contributed by atoms with E-state index in [0.29, 0.717) is 29.7 Å². The van der Waals surface area contributed by atoms with Gasteiger partial charge >= 0.3 is 0 Å². The molecule has 1 amide bonds. The SMILES string of the molecule is CN(C)c1cccc(-c2nc([C@@H]3CC(=O)N(c4ccc(Cl)cc4)C3)no2)c1. The Morgan fingerprint density at radius 2 is 1.96 bits per heavy atom. The number of benzene rings is 2. The van der Waals surface area contributed by atoms with E-state index in [1.807, 2.05) is 55.4 Å². The summed E-state index contributed by atoms with van der Waals surface area (Å²) in [5, 5.41) is 4.77. The van der Waals surface area contributed by atoms with Gasteiger partial charge in [0, 0.05) is 54.9 Å². The van der Waals surface area contributed by atoms with Crippen molar-refractivity contribution in [3.8, 4) is 11.5 Å². The molecule has 2 heterocycles. The van der Waals surface area contributed by atoms with E-state index in [1.165, 1.54) is 0 Å². The first-order chi connectivity index (χ1) is 13.0. The number of amides is 1. The number of hydrogen-bond donors (Lipinski definition) is 0. The van der Waals surface area contributed by atoms with Gasteiger partial charge in [0.15, 0.2) is 5.82 Å². The molecule has 7 heteroatoms. The second kappa shape index (κ2) is 7.04. The summed E-state index contributed by atoms with van der Waals surface area (Å²) in [5.41, 5.74) is 2.74. The average molecular weight is 383 g/mol. The lowest BCUT2D eigenvalue weighted by molar-refractivity contribution is -0.117. The fraction of sp³-hybridized carbons (Fsp3) is 0.250. The molecule has 1 fully saturated rings. The summed E-state index contributed by atoms with van der Waals surface area (Å²) in [5.74, 6) is 0.974. The Bertz CT molecular complexity index is 968. The van der Waals surface area contributed by atoms with Gasteiger partial charge in [-0.25, -0.2) is 0 Å². The van der Waals surface area contributed by atoms with Crippen LogP contribution in [-0.4, -0.2) is 36.7 Å². The number of hydrogen-bond acceptors (Lipinski definition) is 5. The fourth-order valence-corrected chi connectivity index (χ4v) is 3.31. The Labute approximate surface area is 162 Å². The molecule has 3 aromatic rings. The number of carbonyl (C=O) groups excluding carboxylic acids is 1. The number of aromatic nitrogens is 2. The van der Waals surface area contributed by atoms with Crippen molar-refractivity contribution in [2.75, 3.05) is 30.4 Å². The number of halogens is 1. The van der Waals surface area contributed by atoms with E-state index in [9.17, 15) is 4.79 Å². The van der Waals surface area contributed by atoms with Gasteiger partial charge < -0.3 is 14.3 Å². The maximum absolute atomic E-state index is 12.4. The molecule has 1 aliphatic rings. The number of rotatable bonds is 4. The topological polar surface area (TPSA) is 62.5 Å². The Morgan fingerprint density at radius 3 is 2.70 bits per heavy atom. The van der Waals surface area contributed by atoms with E-state index >= 15 is 0 Å². The van der Waals surface area contributed by atoms with E-state index in [4.69, 9.17) is 16.1 Å². The number of nitrogens with zero attached hydrogens (tertiary/aromatic N) is 4. The maximum Gasteiger partial charge on any atom is 0.258 e. The van der Waals surface area contributed by atoms with Crippen LogP contribution >= 0.6 is 11.6 Å². The van der Waals surface area contributed by atoms with Crippen LogP contribution in [0.15, 0.2) is 53.1 Å². The zero-order valence-electron chi connectivity index (χ0n) is 15.1. The molecular formula is C20H19ClN4O2. The van der Waals surface area contributed by atoms with Gasteiger partial charge in [-0.3, -0.25) is 4.79 Å². The molecule has 27 heavy (non-hydrogen) atoms. The largest absolute Gasteiger partial charge is 0.378 e. The van der Waals surface area contributed by atoms with Crippen molar-refractivity contribution in [1.29, 1.82) is 0 Å². The minimum absolute atomic E-state index is 0.0447. The van der Waals surface area contributed by atoms with Gasteiger partial charge in [-0.2, -0.15) is 4.98 Å². The van der Waals surface area contributed by atoms with Crippen molar-refractivity contribution in [1.82, 2.24) is 10.1 Å². The van der Waals surface area contributed by atoms with Gasteiger partial charge in [0.1, 0.15) is 0 Å². The third-order valence-corrected chi connectivity index (χ3v) is 4.93. The Morgan fingerprint density at radius 1 is 1.19 bits per heavy atom. The van der Waals surface area contributed by atoms with Crippen LogP contribution in [0.2, 0.25) is 5.02 Å². The fourth-order valence-electron chi connectivity index (χ4n) is 3.19. The Hall–Kier alpha value is -2.86. The minimum atomic E-state index is -0.0947. The van der Waals surface area contributed by atoms with Crippen LogP contribution in [0.4, 0.5) is 11.4 Å². The van der Waals surface area contributed by atoms with Crippen molar-refractivity contribution in [2.45, 2.75) is 12.3 Å². The van der Waals surface area contributed by atoms with E-state index in [0.717, 1.165) is 16.9 Å². The van der Waals surface area contributed by atoms with Crippen LogP contribution in [0.3, 0.4) is 0 Å². The highest BCUT2D eigenvalue weighted by Gasteiger charge is 2.34. The molecule has 1 aliphatic heterocycles. The smallest absolute Gasteiger partial charge is 0.258 e. The molecule has 4 rings (SSSR count). The quantitative estimate of drug-likeness (QED) is 0.683. The first-order valence-electron chi connectivity index (χ1n) is 8.68. The molecule has 0 saturated carbocycles. The molecule has 0 bridgehead atoms. The number of carbonyl (C=O) groups is 1. The van der Waals surface area contributed by atoms with Gasteiger partial charge in [0.2, 0.25) is 5.91 Å². The van der Waals surface area contributed by atoms with Crippen molar-refractivity contribution >= 4 is 28.9 Å². The van der Waals surface area contributed by atoms with Gasteiger partial charge in [-0.15, -0.1) is 0 Å². The molecule has 1 aromatic heterocycles. The molecule has 2 aromatic carbocycles. The lowest BCUT2D eigenvalue weighted by Crippen LogP contribution is -2.24. The summed E-state index contributed by atoms with van der Waals surface area (Å²) >= 11 is 5.93. The monoisotopic (exact) mass is 382 g/mol. The molecule has 0 unspecified atom stereocenters. The van der Waals surface area contributed by atoms with E-state index < -0.39 is 0 Å². The highest BCUT2D eigenvalue weighted by molar-refractivity contribution is 6.30. The molecule has 0 spiro atoms. The lowest BCUT2D eigenvalue weighted by Gasteiger charge is -2.16. The van der Waals surface area contributed by atoms with E-state index in [1.54, 1.807) is 17.0 Å². The highest BCUT2D eigenvalue weighted by Crippen LogP contribution is 2.32. The molecule has 0 N–H and O–H groups in total. The summed E-state index contributed by atoms with van der Waals surface area (Å²) in [6, 6.07) is 15.1. The molecule has 0 radical (unpaired) electrons. The predicted molar refractivity (Wildman–Crippen MR) is 105 cm³/mol. The van der Waals surface area contributed by atoms with E-state index in [2.05, 4.69) is 10.1 Å². The van der Waals surface area contributed by atoms with Crippen LogP contribution in [0.25, 0.3) is 11.5 Å². The highest BCUT2D eigenvalue weighted by atomic mass is 35.5.